The molecule has 0 saturated heterocycles. The summed E-state index contributed by atoms with van der Waals surface area (Å²) in [7, 11) is 1.99. The summed E-state index contributed by atoms with van der Waals surface area (Å²) in [6.07, 6.45) is 1.53. The Morgan fingerprint density at radius 2 is 2.00 bits per heavy atom. The van der Waals surface area contributed by atoms with Crippen LogP contribution in [0.3, 0.4) is 0 Å². The molecule has 0 aliphatic heterocycles. The molecule has 1 N–H and O–H groups in total. The largest absolute Gasteiger partial charge is 0.389 e. The monoisotopic (exact) mass is 239 g/mol. The van der Waals surface area contributed by atoms with Crippen LogP contribution < -0.4 is 4.90 Å². The van der Waals surface area contributed by atoms with Crippen LogP contribution >= 0.6 is 0 Å². The lowest BCUT2D eigenvalue weighted by molar-refractivity contribution is 0.199. The molecule has 0 radical (unpaired) electrons. The fraction of sp³-hybridized carbons (Fsp3) is 0.571. The molecule has 0 aliphatic carbocycles. The van der Waals surface area contributed by atoms with E-state index >= 15 is 0 Å². The van der Waals surface area contributed by atoms with Crippen molar-refractivity contribution in [1.29, 1.82) is 0 Å². The minimum Gasteiger partial charge on any atom is -0.389 e. The number of hydrogen-bond donors (Lipinski definition) is 1. The maximum absolute atomic E-state index is 13.2. The van der Waals surface area contributed by atoms with Gasteiger partial charge in [0.25, 0.3) is 0 Å². The third-order valence-electron chi connectivity index (χ3n) is 3.19. The first-order valence-electron chi connectivity index (χ1n) is 6.17. The van der Waals surface area contributed by atoms with E-state index in [0.717, 1.165) is 18.5 Å². The molecule has 0 heterocycles. The van der Waals surface area contributed by atoms with Crippen LogP contribution in [0.4, 0.5) is 10.1 Å². The lowest BCUT2D eigenvalue weighted by Crippen LogP contribution is -2.29. The van der Waals surface area contributed by atoms with Crippen LogP contribution in [0.15, 0.2) is 18.2 Å². The highest BCUT2D eigenvalue weighted by molar-refractivity contribution is 5.54. The van der Waals surface area contributed by atoms with E-state index in [-0.39, 0.29) is 5.82 Å². The highest BCUT2D eigenvalue weighted by Gasteiger charge is 2.16. The lowest BCUT2D eigenvalue weighted by Gasteiger charge is -2.29. The predicted molar refractivity (Wildman–Crippen MR) is 69.8 cm³/mol. The highest BCUT2D eigenvalue weighted by atomic mass is 19.1. The molecule has 17 heavy (non-hydrogen) atoms. The number of halogens is 1. The second-order valence-corrected chi connectivity index (χ2v) is 4.63. The van der Waals surface area contributed by atoms with Crippen molar-refractivity contribution in [3.63, 3.8) is 0 Å². The van der Waals surface area contributed by atoms with E-state index in [0.29, 0.717) is 11.6 Å². The molecule has 1 rings (SSSR count). The molecule has 96 valence electrons. The smallest absolute Gasteiger partial charge is 0.123 e. The Kier molecular flexibility index (Phi) is 4.94. The summed E-state index contributed by atoms with van der Waals surface area (Å²) in [6.45, 7) is 5.94. The number of rotatable bonds is 5. The number of aliphatic hydroxyl groups is 1. The van der Waals surface area contributed by atoms with Crippen LogP contribution in [-0.4, -0.2) is 18.2 Å². The number of aliphatic hydroxyl groups excluding tert-OH is 1. The maximum Gasteiger partial charge on any atom is 0.123 e. The van der Waals surface area contributed by atoms with Crippen molar-refractivity contribution < 1.29 is 9.50 Å². The van der Waals surface area contributed by atoms with Crippen molar-refractivity contribution in [2.75, 3.05) is 11.9 Å². The topological polar surface area (TPSA) is 23.5 Å². The van der Waals surface area contributed by atoms with Gasteiger partial charge in [0, 0.05) is 24.3 Å². The zero-order valence-corrected chi connectivity index (χ0v) is 11.1. The molecule has 2 nitrogen and oxygen atoms in total. The standard InChI is InChI=1S/C14H22FNO/c1-5-6-10(2)16(4)14-8-7-12(15)9-13(14)11(3)17/h7-11,17H,5-6H2,1-4H3/t10?,11-/m0/s1. The van der Waals surface area contributed by atoms with Gasteiger partial charge in [-0.15, -0.1) is 0 Å². The van der Waals surface area contributed by atoms with Crippen LogP contribution in [0.25, 0.3) is 0 Å². The summed E-state index contributed by atoms with van der Waals surface area (Å²) >= 11 is 0. The third kappa shape index (κ3) is 3.43. The Morgan fingerprint density at radius 1 is 1.35 bits per heavy atom. The van der Waals surface area contributed by atoms with Crippen LogP contribution in [-0.2, 0) is 0 Å². The Bertz CT molecular complexity index is 365. The van der Waals surface area contributed by atoms with Gasteiger partial charge in [-0.25, -0.2) is 4.39 Å². The molecule has 1 aromatic carbocycles. The maximum atomic E-state index is 13.2. The van der Waals surface area contributed by atoms with E-state index in [1.165, 1.54) is 12.1 Å². The first kappa shape index (κ1) is 14.0. The van der Waals surface area contributed by atoms with Gasteiger partial charge in [-0.2, -0.15) is 0 Å². The van der Waals surface area contributed by atoms with Gasteiger partial charge in [0.2, 0.25) is 0 Å². The van der Waals surface area contributed by atoms with Crippen LogP contribution in [0, 0.1) is 5.82 Å². The molecule has 0 aromatic heterocycles. The zero-order chi connectivity index (χ0) is 13.0. The normalized spacial score (nSPS) is 14.5. The molecule has 0 amide bonds. The number of hydrogen-bond acceptors (Lipinski definition) is 2. The van der Waals surface area contributed by atoms with Crippen molar-refractivity contribution in [3.8, 4) is 0 Å². The van der Waals surface area contributed by atoms with Crippen molar-refractivity contribution >= 4 is 5.69 Å². The Labute approximate surface area is 103 Å². The predicted octanol–water partition coefficient (Wildman–Crippen LogP) is 3.50. The molecule has 0 fully saturated rings. The summed E-state index contributed by atoms with van der Waals surface area (Å²) in [5.74, 6) is -0.304. The summed E-state index contributed by atoms with van der Waals surface area (Å²) < 4.78 is 13.2. The van der Waals surface area contributed by atoms with Gasteiger partial charge in [0.15, 0.2) is 0 Å². The minimum absolute atomic E-state index is 0.304. The summed E-state index contributed by atoms with van der Waals surface area (Å²) in [5.41, 5.74) is 1.55. The fourth-order valence-corrected chi connectivity index (χ4v) is 2.03. The van der Waals surface area contributed by atoms with E-state index in [1.807, 2.05) is 7.05 Å². The third-order valence-corrected chi connectivity index (χ3v) is 3.19. The van der Waals surface area contributed by atoms with Crippen molar-refractivity contribution in [2.24, 2.45) is 0 Å². The zero-order valence-electron chi connectivity index (χ0n) is 11.1. The number of nitrogens with zero attached hydrogens (tertiary/aromatic N) is 1. The molecule has 1 aromatic rings. The van der Waals surface area contributed by atoms with Gasteiger partial charge in [-0.3, -0.25) is 0 Å². The molecule has 1 unspecified atom stereocenters. The lowest BCUT2D eigenvalue weighted by atomic mass is 10.0. The van der Waals surface area contributed by atoms with Crippen molar-refractivity contribution in [1.82, 2.24) is 0 Å². The second-order valence-electron chi connectivity index (χ2n) is 4.63. The van der Waals surface area contributed by atoms with E-state index in [4.69, 9.17) is 0 Å². The van der Waals surface area contributed by atoms with E-state index in [9.17, 15) is 9.50 Å². The van der Waals surface area contributed by atoms with Crippen molar-refractivity contribution in [2.45, 2.75) is 45.8 Å². The number of benzene rings is 1. The molecular formula is C14H22FNO. The first-order valence-corrected chi connectivity index (χ1v) is 6.17. The fourth-order valence-electron chi connectivity index (χ4n) is 2.03. The molecule has 0 spiro atoms. The molecule has 2 atom stereocenters. The highest BCUT2D eigenvalue weighted by Crippen LogP contribution is 2.28. The van der Waals surface area contributed by atoms with Gasteiger partial charge in [-0.05, 0) is 38.5 Å². The Morgan fingerprint density at radius 3 is 2.53 bits per heavy atom. The summed E-state index contributed by atoms with van der Waals surface area (Å²) in [6, 6.07) is 4.97. The minimum atomic E-state index is -0.656. The van der Waals surface area contributed by atoms with Gasteiger partial charge in [-0.1, -0.05) is 13.3 Å². The summed E-state index contributed by atoms with van der Waals surface area (Å²) in [4.78, 5) is 2.10. The quantitative estimate of drug-likeness (QED) is 0.850. The van der Waals surface area contributed by atoms with Gasteiger partial charge >= 0.3 is 0 Å². The van der Waals surface area contributed by atoms with E-state index < -0.39 is 6.10 Å². The Hall–Kier alpha value is -1.09. The molecule has 0 bridgehead atoms. The number of anilines is 1. The van der Waals surface area contributed by atoms with Gasteiger partial charge in [0.05, 0.1) is 6.10 Å². The van der Waals surface area contributed by atoms with Crippen LogP contribution in [0.1, 0.15) is 45.3 Å². The van der Waals surface area contributed by atoms with Crippen LogP contribution in [0.2, 0.25) is 0 Å². The average molecular weight is 239 g/mol. The van der Waals surface area contributed by atoms with E-state index in [2.05, 4.69) is 18.7 Å². The molecule has 0 aliphatic rings. The molecule has 3 heteroatoms. The SMILES string of the molecule is CCCC(C)N(C)c1ccc(F)cc1[C@H](C)O. The molecule has 0 saturated carbocycles. The van der Waals surface area contributed by atoms with Crippen molar-refractivity contribution in [3.05, 3.63) is 29.6 Å². The van der Waals surface area contributed by atoms with Crippen LogP contribution in [0.5, 0.6) is 0 Å². The first-order chi connectivity index (χ1) is 7.97. The average Bonchev–Trinajstić information content (AvgIpc) is 2.28. The second kappa shape index (κ2) is 6.01. The molecular weight excluding hydrogens is 217 g/mol. The van der Waals surface area contributed by atoms with Gasteiger partial charge < -0.3 is 10.0 Å². The van der Waals surface area contributed by atoms with Gasteiger partial charge in [0.1, 0.15) is 5.82 Å². The summed E-state index contributed by atoms with van der Waals surface area (Å²) in [5, 5.41) is 9.70. The van der Waals surface area contributed by atoms with E-state index in [1.54, 1.807) is 13.0 Å². The Balaban J connectivity index is 3.03.